The summed E-state index contributed by atoms with van der Waals surface area (Å²) in [4.78, 5) is 26.5. The molecule has 0 spiro atoms. The predicted molar refractivity (Wildman–Crippen MR) is 121 cm³/mol. The molecule has 0 bridgehead atoms. The van der Waals surface area contributed by atoms with Crippen LogP contribution in [0.25, 0.3) is 0 Å². The Morgan fingerprint density at radius 3 is 2.23 bits per heavy atom. The molecule has 0 unspecified atom stereocenters. The molecular weight excluding hydrogens is 391 g/mol. The van der Waals surface area contributed by atoms with Crippen LogP contribution in [-0.4, -0.2) is 11.8 Å². The van der Waals surface area contributed by atoms with Crippen molar-refractivity contribution in [3.8, 4) is 0 Å². The van der Waals surface area contributed by atoms with Gasteiger partial charge in [0.2, 0.25) is 11.8 Å². The number of anilines is 1. The number of hydrogen-bond donors (Lipinski definition) is 1. The highest BCUT2D eigenvalue weighted by Crippen LogP contribution is 2.20. The number of rotatable bonds is 8. The second kappa shape index (κ2) is 10.5. The van der Waals surface area contributed by atoms with Crippen molar-refractivity contribution in [1.82, 2.24) is 5.32 Å². The Morgan fingerprint density at radius 1 is 0.903 bits per heavy atom. The molecule has 2 amide bonds. The number of nitrogens with one attached hydrogen (secondary N) is 1. The van der Waals surface area contributed by atoms with Crippen LogP contribution in [0.2, 0.25) is 0 Å². The van der Waals surface area contributed by atoms with Crippen molar-refractivity contribution in [2.75, 3.05) is 4.90 Å². The van der Waals surface area contributed by atoms with Crippen LogP contribution < -0.4 is 10.2 Å². The Kier molecular flexibility index (Phi) is 7.55. The van der Waals surface area contributed by atoms with Crippen molar-refractivity contribution in [2.24, 2.45) is 0 Å². The van der Waals surface area contributed by atoms with E-state index in [9.17, 15) is 14.0 Å². The fourth-order valence-electron chi connectivity index (χ4n) is 3.35. The van der Waals surface area contributed by atoms with E-state index >= 15 is 0 Å². The number of carbonyl (C=O) groups excluding carboxylic acids is 2. The van der Waals surface area contributed by atoms with Crippen LogP contribution >= 0.6 is 0 Å². The molecule has 0 heterocycles. The lowest BCUT2D eigenvalue weighted by molar-refractivity contribution is -0.120. The Morgan fingerprint density at radius 2 is 1.58 bits per heavy atom. The standard InChI is InChI=1S/C26H27FN2O2/c1-3-26(31)29(18-21-7-11-23(27)12-8-21)24-13-9-20(10-14-24)16-25(30)28-17-22-6-4-5-19(2)15-22/h4-15H,3,16-18H2,1-2H3,(H,28,30). The van der Waals surface area contributed by atoms with Crippen molar-refractivity contribution in [3.05, 3.63) is 101 Å². The molecule has 4 nitrogen and oxygen atoms in total. The van der Waals surface area contributed by atoms with Crippen molar-refractivity contribution in [3.63, 3.8) is 0 Å². The molecule has 1 N–H and O–H groups in total. The van der Waals surface area contributed by atoms with E-state index in [2.05, 4.69) is 11.4 Å². The van der Waals surface area contributed by atoms with E-state index in [1.807, 2.05) is 56.3 Å². The highest BCUT2D eigenvalue weighted by atomic mass is 19.1. The minimum Gasteiger partial charge on any atom is -0.352 e. The molecule has 3 rings (SSSR count). The number of nitrogens with zero attached hydrogens (tertiary/aromatic N) is 1. The van der Waals surface area contributed by atoms with E-state index in [0.717, 1.165) is 27.9 Å². The summed E-state index contributed by atoms with van der Waals surface area (Å²) in [6.45, 7) is 4.70. The van der Waals surface area contributed by atoms with Gasteiger partial charge in [0.25, 0.3) is 0 Å². The molecule has 0 aliphatic rings. The van der Waals surface area contributed by atoms with Crippen LogP contribution in [0, 0.1) is 12.7 Å². The second-order valence-electron chi connectivity index (χ2n) is 7.57. The van der Waals surface area contributed by atoms with Gasteiger partial charge in [0, 0.05) is 18.7 Å². The minimum atomic E-state index is -0.304. The Hall–Kier alpha value is -3.47. The van der Waals surface area contributed by atoms with Gasteiger partial charge in [0.15, 0.2) is 0 Å². The van der Waals surface area contributed by atoms with Crippen molar-refractivity contribution in [1.29, 1.82) is 0 Å². The van der Waals surface area contributed by atoms with E-state index in [1.165, 1.54) is 12.1 Å². The van der Waals surface area contributed by atoms with Gasteiger partial charge < -0.3 is 10.2 Å². The van der Waals surface area contributed by atoms with Gasteiger partial charge in [0.05, 0.1) is 13.0 Å². The average molecular weight is 419 g/mol. The molecule has 0 radical (unpaired) electrons. The summed E-state index contributed by atoms with van der Waals surface area (Å²) in [6, 6.07) is 21.6. The molecular formula is C26H27FN2O2. The number of hydrogen-bond acceptors (Lipinski definition) is 2. The lowest BCUT2D eigenvalue weighted by Crippen LogP contribution is -2.29. The summed E-state index contributed by atoms with van der Waals surface area (Å²) >= 11 is 0. The Bertz CT molecular complexity index is 1030. The molecule has 3 aromatic carbocycles. The number of halogens is 1. The van der Waals surface area contributed by atoms with E-state index in [1.54, 1.807) is 17.0 Å². The van der Waals surface area contributed by atoms with Gasteiger partial charge in [-0.25, -0.2) is 4.39 Å². The smallest absolute Gasteiger partial charge is 0.227 e. The SMILES string of the molecule is CCC(=O)N(Cc1ccc(F)cc1)c1ccc(CC(=O)NCc2cccc(C)c2)cc1. The summed E-state index contributed by atoms with van der Waals surface area (Å²) in [7, 11) is 0. The number of benzene rings is 3. The predicted octanol–water partition coefficient (Wildman–Crippen LogP) is 4.94. The Labute approximate surface area is 182 Å². The molecule has 160 valence electrons. The monoisotopic (exact) mass is 418 g/mol. The molecule has 31 heavy (non-hydrogen) atoms. The van der Waals surface area contributed by atoms with Gasteiger partial charge in [0.1, 0.15) is 5.82 Å². The quantitative estimate of drug-likeness (QED) is 0.564. The molecule has 0 saturated heterocycles. The van der Waals surface area contributed by atoms with Gasteiger partial charge >= 0.3 is 0 Å². The molecule has 0 aromatic heterocycles. The average Bonchev–Trinajstić information content (AvgIpc) is 2.77. The maximum atomic E-state index is 13.2. The van der Waals surface area contributed by atoms with Gasteiger partial charge in [-0.1, -0.05) is 61.0 Å². The van der Waals surface area contributed by atoms with Crippen molar-refractivity contribution < 1.29 is 14.0 Å². The second-order valence-corrected chi connectivity index (χ2v) is 7.57. The number of amides is 2. The van der Waals surface area contributed by atoms with Gasteiger partial charge in [-0.15, -0.1) is 0 Å². The highest BCUT2D eigenvalue weighted by molar-refractivity contribution is 5.93. The van der Waals surface area contributed by atoms with Crippen LogP contribution in [0.1, 0.15) is 35.6 Å². The van der Waals surface area contributed by atoms with Gasteiger partial charge in [-0.05, 0) is 47.9 Å². The highest BCUT2D eigenvalue weighted by Gasteiger charge is 2.15. The van der Waals surface area contributed by atoms with E-state index in [4.69, 9.17) is 0 Å². The minimum absolute atomic E-state index is 0.0204. The summed E-state index contributed by atoms with van der Waals surface area (Å²) in [5.41, 5.74) is 4.70. The largest absolute Gasteiger partial charge is 0.352 e. The zero-order chi connectivity index (χ0) is 22.2. The molecule has 0 saturated carbocycles. The van der Waals surface area contributed by atoms with Gasteiger partial charge in [-0.3, -0.25) is 9.59 Å². The first kappa shape index (κ1) is 22.2. The molecule has 0 atom stereocenters. The first-order valence-corrected chi connectivity index (χ1v) is 10.4. The first-order chi connectivity index (χ1) is 14.9. The van der Waals surface area contributed by atoms with Crippen LogP contribution in [-0.2, 0) is 29.1 Å². The van der Waals surface area contributed by atoms with Crippen LogP contribution in [0.15, 0.2) is 72.8 Å². The maximum Gasteiger partial charge on any atom is 0.227 e. The zero-order valence-electron chi connectivity index (χ0n) is 17.9. The summed E-state index contributed by atoms with van der Waals surface area (Å²) < 4.78 is 13.2. The normalized spacial score (nSPS) is 10.5. The van der Waals surface area contributed by atoms with Crippen molar-refractivity contribution >= 4 is 17.5 Å². The van der Waals surface area contributed by atoms with E-state index in [0.29, 0.717) is 19.5 Å². The lowest BCUT2D eigenvalue weighted by atomic mass is 10.1. The molecule has 0 aliphatic carbocycles. The summed E-state index contributed by atoms with van der Waals surface area (Å²) in [5, 5.41) is 2.94. The van der Waals surface area contributed by atoms with Crippen LogP contribution in [0.5, 0.6) is 0 Å². The van der Waals surface area contributed by atoms with Gasteiger partial charge in [-0.2, -0.15) is 0 Å². The third kappa shape index (κ3) is 6.51. The van der Waals surface area contributed by atoms with E-state index < -0.39 is 0 Å². The third-order valence-corrected chi connectivity index (χ3v) is 5.04. The Balaban J connectivity index is 1.62. The van der Waals surface area contributed by atoms with Crippen LogP contribution in [0.4, 0.5) is 10.1 Å². The fraction of sp³-hybridized carbons (Fsp3) is 0.231. The first-order valence-electron chi connectivity index (χ1n) is 10.4. The molecule has 3 aromatic rings. The third-order valence-electron chi connectivity index (χ3n) is 5.04. The molecule has 0 aliphatic heterocycles. The number of carbonyl (C=O) groups is 2. The molecule has 0 fully saturated rings. The van der Waals surface area contributed by atoms with Crippen LogP contribution in [0.3, 0.4) is 0 Å². The number of aryl methyl sites for hydroxylation is 1. The van der Waals surface area contributed by atoms with Crippen molar-refractivity contribution in [2.45, 2.75) is 39.8 Å². The summed E-state index contributed by atoms with van der Waals surface area (Å²) in [6.07, 6.45) is 0.635. The lowest BCUT2D eigenvalue weighted by Gasteiger charge is -2.23. The zero-order valence-corrected chi connectivity index (χ0v) is 17.9. The molecule has 5 heteroatoms. The van der Waals surface area contributed by atoms with E-state index in [-0.39, 0.29) is 24.1 Å². The summed E-state index contributed by atoms with van der Waals surface area (Å²) in [5.74, 6) is -0.378. The topological polar surface area (TPSA) is 49.4 Å². The fourth-order valence-corrected chi connectivity index (χ4v) is 3.35. The maximum absolute atomic E-state index is 13.2.